The van der Waals surface area contributed by atoms with E-state index < -0.39 is 0 Å². The smallest absolute Gasteiger partial charge is 0.164 e. The summed E-state index contributed by atoms with van der Waals surface area (Å²) < 4.78 is 12.9. The molecule has 21 heavy (non-hydrogen) atoms. The molecule has 0 atom stereocenters. The van der Waals surface area contributed by atoms with Crippen LogP contribution in [0.15, 0.2) is 24.5 Å². The number of benzene rings is 1. The molecule has 2 rings (SSSR count). The first-order valence-electron chi connectivity index (χ1n) is 6.96. The zero-order chi connectivity index (χ0) is 15.2. The van der Waals surface area contributed by atoms with Gasteiger partial charge in [0.1, 0.15) is 12.9 Å². The van der Waals surface area contributed by atoms with Crippen molar-refractivity contribution in [2.24, 2.45) is 7.05 Å². The topological polar surface area (TPSA) is 61.2 Å². The first kappa shape index (κ1) is 15.3. The van der Waals surface area contributed by atoms with Crippen LogP contribution in [0, 0.1) is 0 Å². The molecule has 0 radical (unpaired) electrons. The van der Waals surface area contributed by atoms with Gasteiger partial charge in [-0.2, -0.15) is 5.10 Å². The van der Waals surface area contributed by atoms with E-state index in [0.717, 1.165) is 23.7 Å². The summed E-state index contributed by atoms with van der Waals surface area (Å²) in [7, 11) is 3.48. The predicted octanol–water partition coefficient (Wildman–Crippen LogP) is 1.90. The molecule has 0 spiro atoms. The summed E-state index contributed by atoms with van der Waals surface area (Å²) >= 11 is 0. The number of ether oxygens (including phenoxy) is 2. The summed E-state index contributed by atoms with van der Waals surface area (Å²) in [6, 6.07) is 6.39. The highest BCUT2D eigenvalue weighted by molar-refractivity contribution is 5.43. The van der Waals surface area contributed by atoms with Gasteiger partial charge in [-0.25, -0.2) is 4.98 Å². The number of methoxy groups -OCH3 is 1. The summed E-state index contributed by atoms with van der Waals surface area (Å²) in [5, 5.41) is 7.39. The van der Waals surface area contributed by atoms with E-state index in [4.69, 9.17) is 9.47 Å². The lowest BCUT2D eigenvalue weighted by Gasteiger charge is -2.13. The number of nitrogens with zero attached hydrogens (tertiary/aromatic N) is 3. The Morgan fingerprint density at radius 3 is 2.71 bits per heavy atom. The molecule has 1 N–H and O–H groups in total. The minimum Gasteiger partial charge on any atom is -0.493 e. The van der Waals surface area contributed by atoms with Gasteiger partial charge in [-0.15, -0.1) is 0 Å². The van der Waals surface area contributed by atoms with E-state index in [1.807, 2.05) is 25.2 Å². The molecule has 0 unspecified atom stereocenters. The molecule has 6 nitrogen and oxygen atoms in total. The number of aromatic nitrogens is 3. The van der Waals surface area contributed by atoms with Crippen molar-refractivity contribution < 1.29 is 9.47 Å². The van der Waals surface area contributed by atoms with E-state index in [1.54, 1.807) is 11.8 Å². The van der Waals surface area contributed by atoms with E-state index >= 15 is 0 Å². The second-order valence-corrected chi connectivity index (χ2v) is 5.11. The van der Waals surface area contributed by atoms with E-state index in [9.17, 15) is 0 Å². The number of aryl methyl sites for hydroxylation is 1. The van der Waals surface area contributed by atoms with E-state index in [1.165, 1.54) is 6.33 Å². The van der Waals surface area contributed by atoms with E-state index in [0.29, 0.717) is 18.4 Å². The fraction of sp³-hybridized carbons (Fsp3) is 0.467. The molecule has 0 bridgehead atoms. The molecule has 1 heterocycles. The standard InChI is InChI=1S/C15H22N4O2/c1-11(2)16-8-12-5-6-13(14(7-12)20-4)21-9-15-17-10-18-19(15)3/h5-7,10-11,16H,8-9H2,1-4H3. The van der Waals surface area contributed by atoms with Gasteiger partial charge in [-0.1, -0.05) is 19.9 Å². The van der Waals surface area contributed by atoms with Gasteiger partial charge >= 0.3 is 0 Å². The average Bonchev–Trinajstić information content (AvgIpc) is 2.88. The van der Waals surface area contributed by atoms with Crippen LogP contribution in [0.2, 0.25) is 0 Å². The molecule has 0 saturated heterocycles. The molecular weight excluding hydrogens is 268 g/mol. The summed E-state index contributed by atoms with van der Waals surface area (Å²) in [5.74, 6) is 2.19. The first-order valence-corrected chi connectivity index (χ1v) is 6.96. The van der Waals surface area contributed by atoms with Crippen LogP contribution in [0.3, 0.4) is 0 Å². The lowest BCUT2D eigenvalue weighted by molar-refractivity contribution is 0.271. The number of hydrogen-bond donors (Lipinski definition) is 1. The third kappa shape index (κ3) is 4.19. The molecular formula is C15H22N4O2. The lowest BCUT2D eigenvalue weighted by atomic mass is 10.2. The molecule has 1 aromatic heterocycles. The average molecular weight is 290 g/mol. The highest BCUT2D eigenvalue weighted by Crippen LogP contribution is 2.28. The first-order chi connectivity index (χ1) is 10.1. The second-order valence-electron chi connectivity index (χ2n) is 5.11. The predicted molar refractivity (Wildman–Crippen MR) is 80.3 cm³/mol. The van der Waals surface area contributed by atoms with Crippen molar-refractivity contribution in [3.05, 3.63) is 35.9 Å². The van der Waals surface area contributed by atoms with E-state index in [2.05, 4.69) is 29.2 Å². The highest BCUT2D eigenvalue weighted by Gasteiger charge is 2.08. The molecule has 0 saturated carbocycles. The third-order valence-electron chi connectivity index (χ3n) is 3.10. The third-order valence-corrected chi connectivity index (χ3v) is 3.10. The van der Waals surface area contributed by atoms with Crippen LogP contribution in [-0.2, 0) is 20.2 Å². The summed E-state index contributed by atoms with van der Waals surface area (Å²) in [6.45, 7) is 5.40. The number of nitrogens with one attached hydrogen (secondary N) is 1. The molecule has 0 amide bonds. The molecule has 0 aliphatic heterocycles. The van der Waals surface area contributed by atoms with Crippen molar-refractivity contribution in [1.82, 2.24) is 20.1 Å². The number of rotatable bonds is 7. The van der Waals surface area contributed by atoms with Gasteiger partial charge in [0, 0.05) is 19.6 Å². The van der Waals surface area contributed by atoms with Crippen LogP contribution in [0.4, 0.5) is 0 Å². The monoisotopic (exact) mass is 290 g/mol. The maximum Gasteiger partial charge on any atom is 0.164 e. The molecule has 0 fully saturated rings. The van der Waals surface area contributed by atoms with Crippen molar-refractivity contribution in [2.45, 2.75) is 33.0 Å². The van der Waals surface area contributed by atoms with Crippen molar-refractivity contribution in [1.29, 1.82) is 0 Å². The van der Waals surface area contributed by atoms with Crippen LogP contribution in [-0.4, -0.2) is 27.9 Å². The Morgan fingerprint density at radius 2 is 2.10 bits per heavy atom. The van der Waals surface area contributed by atoms with Crippen LogP contribution >= 0.6 is 0 Å². The van der Waals surface area contributed by atoms with Gasteiger partial charge in [0.2, 0.25) is 0 Å². The Morgan fingerprint density at radius 1 is 1.29 bits per heavy atom. The van der Waals surface area contributed by atoms with Crippen LogP contribution in [0.25, 0.3) is 0 Å². The largest absolute Gasteiger partial charge is 0.493 e. The zero-order valence-electron chi connectivity index (χ0n) is 13.0. The minimum atomic E-state index is 0.358. The fourth-order valence-corrected chi connectivity index (χ4v) is 1.86. The molecule has 6 heteroatoms. The molecule has 0 aliphatic carbocycles. The summed E-state index contributed by atoms with van der Waals surface area (Å²) in [4.78, 5) is 4.13. The minimum absolute atomic E-state index is 0.358. The maximum atomic E-state index is 5.77. The van der Waals surface area contributed by atoms with Crippen molar-refractivity contribution >= 4 is 0 Å². The fourth-order valence-electron chi connectivity index (χ4n) is 1.86. The normalized spacial score (nSPS) is 10.9. The Kier molecular flexibility index (Phi) is 5.16. The van der Waals surface area contributed by atoms with Gasteiger partial charge < -0.3 is 14.8 Å². The van der Waals surface area contributed by atoms with Crippen LogP contribution in [0.5, 0.6) is 11.5 Å². The van der Waals surface area contributed by atoms with Gasteiger partial charge in [0.05, 0.1) is 7.11 Å². The van der Waals surface area contributed by atoms with Gasteiger partial charge in [0.25, 0.3) is 0 Å². The lowest BCUT2D eigenvalue weighted by Crippen LogP contribution is -2.21. The molecule has 114 valence electrons. The number of hydrogen-bond acceptors (Lipinski definition) is 5. The summed E-state index contributed by atoms with van der Waals surface area (Å²) in [6.07, 6.45) is 1.51. The Labute approximate surface area is 125 Å². The van der Waals surface area contributed by atoms with Crippen LogP contribution < -0.4 is 14.8 Å². The van der Waals surface area contributed by atoms with Crippen LogP contribution in [0.1, 0.15) is 25.2 Å². The zero-order valence-corrected chi connectivity index (χ0v) is 13.0. The van der Waals surface area contributed by atoms with Gasteiger partial charge in [-0.3, -0.25) is 4.68 Å². The maximum absolute atomic E-state index is 5.77. The molecule has 1 aromatic carbocycles. The molecule has 0 aliphatic rings. The Bertz CT molecular complexity index is 581. The SMILES string of the molecule is COc1cc(CNC(C)C)ccc1OCc1ncnn1C. The van der Waals surface area contributed by atoms with E-state index in [-0.39, 0.29) is 0 Å². The second kappa shape index (κ2) is 7.08. The van der Waals surface area contributed by atoms with Crippen molar-refractivity contribution in [2.75, 3.05) is 7.11 Å². The van der Waals surface area contributed by atoms with Gasteiger partial charge in [0.15, 0.2) is 17.3 Å². The van der Waals surface area contributed by atoms with Gasteiger partial charge in [-0.05, 0) is 17.7 Å². The summed E-state index contributed by atoms with van der Waals surface area (Å²) in [5.41, 5.74) is 1.16. The van der Waals surface area contributed by atoms with Crippen molar-refractivity contribution in [3.8, 4) is 11.5 Å². The highest BCUT2D eigenvalue weighted by atomic mass is 16.5. The molecule has 2 aromatic rings. The van der Waals surface area contributed by atoms with Crippen molar-refractivity contribution in [3.63, 3.8) is 0 Å². The quantitative estimate of drug-likeness (QED) is 0.844. The Hall–Kier alpha value is -2.08. The Balaban J connectivity index is 2.04.